The number of carbonyl (C=O) groups is 2. The zero-order valence-electron chi connectivity index (χ0n) is 12.8. The first-order valence-corrected chi connectivity index (χ1v) is 9.01. The summed E-state index contributed by atoms with van der Waals surface area (Å²) in [6, 6.07) is 2.10. The molecule has 0 spiro atoms. The number of nitrogens with zero attached hydrogens (tertiary/aromatic N) is 1. The van der Waals surface area contributed by atoms with E-state index in [4.69, 9.17) is 0 Å². The monoisotopic (exact) mass is 321 g/mol. The summed E-state index contributed by atoms with van der Waals surface area (Å²) in [4.78, 5) is 27.3. The molecule has 2 aliphatic rings. The van der Waals surface area contributed by atoms with Gasteiger partial charge in [-0.1, -0.05) is 19.3 Å². The largest absolute Gasteiger partial charge is 0.481 e. The van der Waals surface area contributed by atoms with Crippen molar-refractivity contribution in [1.82, 2.24) is 4.90 Å². The van der Waals surface area contributed by atoms with E-state index in [9.17, 15) is 14.7 Å². The molecule has 5 heteroatoms. The Morgan fingerprint density at radius 1 is 1.23 bits per heavy atom. The maximum Gasteiger partial charge on any atom is 0.303 e. The number of rotatable bonds is 4. The first-order valence-electron chi connectivity index (χ1n) is 8.13. The van der Waals surface area contributed by atoms with Crippen LogP contribution in [0.15, 0.2) is 11.4 Å². The van der Waals surface area contributed by atoms with Crippen molar-refractivity contribution in [2.24, 2.45) is 5.41 Å². The van der Waals surface area contributed by atoms with Crippen LogP contribution in [0.2, 0.25) is 0 Å². The van der Waals surface area contributed by atoms with E-state index in [1.807, 2.05) is 4.90 Å². The third kappa shape index (κ3) is 3.35. The summed E-state index contributed by atoms with van der Waals surface area (Å²) < 4.78 is 0. The normalized spacial score (nSPS) is 20.5. The Morgan fingerprint density at radius 3 is 2.73 bits per heavy atom. The van der Waals surface area contributed by atoms with Gasteiger partial charge in [-0.25, -0.2) is 0 Å². The molecule has 1 aromatic rings. The highest BCUT2D eigenvalue weighted by molar-refractivity contribution is 7.10. The minimum Gasteiger partial charge on any atom is -0.481 e. The Hall–Kier alpha value is -1.36. The van der Waals surface area contributed by atoms with Gasteiger partial charge in [0.2, 0.25) is 5.91 Å². The van der Waals surface area contributed by atoms with Crippen molar-refractivity contribution >= 4 is 23.2 Å². The lowest BCUT2D eigenvalue weighted by molar-refractivity contribution is -0.142. The molecule has 0 aromatic carbocycles. The second kappa shape index (κ2) is 6.41. The van der Waals surface area contributed by atoms with E-state index in [-0.39, 0.29) is 17.7 Å². The standard InChI is InChI=1S/C17H23NO3S/c19-15(18-8-4-14-13(12-18)5-9-22-14)10-17(11-16(20)21)6-2-1-3-7-17/h5,9H,1-4,6-8,10-12H2,(H,20,21). The first-order chi connectivity index (χ1) is 10.6. The highest BCUT2D eigenvalue weighted by atomic mass is 32.1. The summed E-state index contributed by atoms with van der Waals surface area (Å²) in [5, 5.41) is 11.3. The average Bonchev–Trinajstić information content (AvgIpc) is 2.94. The van der Waals surface area contributed by atoms with Crippen LogP contribution in [0.3, 0.4) is 0 Å². The highest BCUT2D eigenvalue weighted by Crippen LogP contribution is 2.43. The topological polar surface area (TPSA) is 57.6 Å². The Balaban J connectivity index is 1.67. The number of fused-ring (bicyclic) bond motifs is 1. The van der Waals surface area contributed by atoms with Crippen molar-refractivity contribution in [3.63, 3.8) is 0 Å². The third-order valence-corrected chi connectivity index (χ3v) is 6.15. The third-order valence-electron chi connectivity index (χ3n) is 5.13. The number of amides is 1. The lowest BCUT2D eigenvalue weighted by Crippen LogP contribution is -2.40. The molecule has 1 saturated carbocycles. The number of carboxylic acids is 1. The van der Waals surface area contributed by atoms with Crippen molar-refractivity contribution in [1.29, 1.82) is 0 Å². The van der Waals surface area contributed by atoms with Gasteiger partial charge in [0.05, 0.1) is 6.42 Å². The lowest BCUT2D eigenvalue weighted by Gasteiger charge is -2.38. The molecule has 3 rings (SSSR count). The van der Waals surface area contributed by atoms with E-state index in [2.05, 4.69) is 11.4 Å². The second-order valence-electron chi connectivity index (χ2n) is 6.74. The summed E-state index contributed by atoms with van der Waals surface area (Å²) in [7, 11) is 0. The number of carboxylic acid groups (broad SMARTS) is 1. The van der Waals surface area contributed by atoms with E-state index in [1.54, 1.807) is 11.3 Å². The SMILES string of the molecule is O=C(O)CC1(CC(=O)N2CCc3sccc3C2)CCCCC1. The van der Waals surface area contributed by atoms with Crippen LogP contribution in [-0.2, 0) is 22.6 Å². The summed E-state index contributed by atoms with van der Waals surface area (Å²) in [5.74, 6) is -0.631. The molecule has 0 unspecified atom stereocenters. The molecule has 120 valence electrons. The number of thiophene rings is 1. The first kappa shape index (κ1) is 15.5. The van der Waals surface area contributed by atoms with Crippen molar-refractivity contribution in [3.8, 4) is 0 Å². The molecule has 4 nitrogen and oxygen atoms in total. The minimum atomic E-state index is -0.770. The fourth-order valence-electron chi connectivity index (χ4n) is 3.93. The number of hydrogen-bond acceptors (Lipinski definition) is 3. The van der Waals surface area contributed by atoms with Crippen LogP contribution in [-0.4, -0.2) is 28.4 Å². The highest BCUT2D eigenvalue weighted by Gasteiger charge is 2.38. The molecule has 1 N–H and O–H groups in total. The second-order valence-corrected chi connectivity index (χ2v) is 7.74. The van der Waals surface area contributed by atoms with Crippen LogP contribution in [0.5, 0.6) is 0 Å². The van der Waals surface area contributed by atoms with Gasteiger partial charge in [0, 0.05) is 24.4 Å². The van der Waals surface area contributed by atoms with Crippen LogP contribution >= 0.6 is 11.3 Å². The van der Waals surface area contributed by atoms with Gasteiger partial charge in [-0.15, -0.1) is 11.3 Å². The van der Waals surface area contributed by atoms with Crippen molar-refractivity contribution in [2.45, 2.75) is 57.9 Å². The summed E-state index contributed by atoms with van der Waals surface area (Å²) in [5.41, 5.74) is 0.955. The van der Waals surface area contributed by atoms with Gasteiger partial charge in [-0.3, -0.25) is 9.59 Å². The Morgan fingerprint density at radius 2 is 2.00 bits per heavy atom. The molecule has 22 heavy (non-hydrogen) atoms. The van der Waals surface area contributed by atoms with Crippen LogP contribution in [0.4, 0.5) is 0 Å². The molecule has 1 aliphatic heterocycles. The van der Waals surface area contributed by atoms with Crippen molar-refractivity contribution in [2.75, 3.05) is 6.54 Å². The van der Waals surface area contributed by atoms with Gasteiger partial charge in [-0.05, 0) is 41.7 Å². The zero-order valence-corrected chi connectivity index (χ0v) is 13.7. The van der Waals surface area contributed by atoms with E-state index >= 15 is 0 Å². The maximum absolute atomic E-state index is 12.7. The quantitative estimate of drug-likeness (QED) is 0.924. The predicted molar refractivity (Wildman–Crippen MR) is 85.8 cm³/mol. The number of hydrogen-bond donors (Lipinski definition) is 1. The average molecular weight is 321 g/mol. The summed E-state index contributed by atoms with van der Waals surface area (Å²) >= 11 is 1.77. The number of carbonyl (C=O) groups excluding carboxylic acids is 1. The fourth-order valence-corrected chi connectivity index (χ4v) is 4.82. The molecular weight excluding hydrogens is 298 g/mol. The molecular formula is C17H23NO3S. The van der Waals surface area contributed by atoms with E-state index in [0.717, 1.165) is 45.1 Å². The molecule has 1 amide bonds. The summed E-state index contributed by atoms with van der Waals surface area (Å²) in [6.45, 7) is 1.47. The molecule has 0 saturated heterocycles. The van der Waals surface area contributed by atoms with Gasteiger partial charge >= 0.3 is 5.97 Å². The Labute approximate surface area is 135 Å². The van der Waals surface area contributed by atoms with E-state index in [1.165, 1.54) is 10.4 Å². The number of aliphatic carboxylic acids is 1. The Kier molecular flexibility index (Phi) is 4.52. The van der Waals surface area contributed by atoms with Crippen LogP contribution in [0.1, 0.15) is 55.4 Å². The van der Waals surface area contributed by atoms with Gasteiger partial charge in [0.25, 0.3) is 0 Å². The predicted octanol–water partition coefficient (Wildman–Crippen LogP) is 3.45. The van der Waals surface area contributed by atoms with Gasteiger partial charge < -0.3 is 10.0 Å². The van der Waals surface area contributed by atoms with Crippen LogP contribution < -0.4 is 0 Å². The van der Waals surface area contributed by atoms with Crippen LogP contribution in [0, 0.1) is 5.41 Å². The molecule has 1 aromatic heterocycles. The lowest BCUT2D eigenvalue weighted by atomic mass is 9.69. The molecule has 1 aliphatic carbocycles. The van der Waals surface area contributed by atoms with Gasteiger partial charge in [0.15, 0.2) is 0 Å². The molecule has 1 fully saturated rings. The Bertz CT molecular complexity index is 560. The molecule has 0 atom stereocenters. The van der Waals surface area contributed by atoms with E-state index < -0.39 is 5.97 Å². The zero-order chi connectivity index (χ0) is 15.6. The molecule has 2 heterocycles. The summed E-state index contributed by atoms with van der Waals surface area (Å²) in [6.07, 6.45) is 6.49. The molecule has 0 bridgehead atoms. The minimum absolute atomic E-state index is 0.135. The maximum atomic E-state index is 12.7. The van der Waals surface area contributed by atoms with Crippen molar-refractivity contribution < 1.29 is 14.7 Å². The van der Waals surface area contributed by atoms with Crippen LogP contribution in [0.25, 0.3) is 0 Å². The fraction of sp³-hybridized carbons (Fsp3) is 0.647. The van der Waals surface area contributed by atoms with E-state index in [0.29, 0.717) is 13.0 Å². The van der Waals surface area contributed by atoms with Gasteiger partial charge in [0.1, 0.15) is 0 Å². The van der Waals surface area contributed by atoms with Crippen molar-refractivity contribution in [3.05, 3.63) is 21.9 Å². The smallest absolute Gasteiger partial charge is 0.303 e. The molecule has 0 radical (unpaired) electrons. The van der Waals surface area contributed by atoms with Gasteiger partial charge in [-0.2, -0.15) is 0 Å².